The van der Waals surface area contributed by atoms with Crippen molar-refractivity contribution in [2.24, 2.45) is 0 Å². The third-order valence-electron chi connectivity index (χ3n) is 3.79. The normalized spacial score (nSPS) is 11.7. The van der Waals surface area contributed by atoms with E-state index in [2.05, 4.69) is 4.72 Å². The minimum Gasteiger partial charge on any atom is -0.375 e. The number of halogens is 1. The van der Waals surface area contributed by atoms with Gasteiger partial charge in [-0.1, -0.05) is 66.2 Å². The molecule has 3 aromatic carbocycles. The molecule has 1 N–H and O–H groups in total. The standard InChI is InChI=1S/C19H18ClNO3S/c20-18-10-4-2-7-16(18)14-24-13-12-21-25(22,23)19-11-5-8-15-6-1-3-9-17(15)19/h1-11,21H,12-14H2. The predicted molar refractivity (Wildman–Crippen MR) is 100 cm³/mol. The average molecular weight is 376 g/mol. The first-order valence-electron chi connectivity index (χ1n) is 7.86. The molecule has 0 atom stereocenters. The SMILES string of the molecule is O=S(=O)(NCCOCc1ccccc1Cl)c1cccc2ccccc12. The molecule has 3 rings (SSSR count). The fourth-order valence-corrected chi connectivity index (χ4v) is 3.98. The lowest BCUT2D eigenvalue weighted by molar-refractivity contribution is 0.126. The fraction of sp³-hybridized carbons (Fsp3) is 0.158. The van der Waals surface area contributed by atoms with Crippen molar-refractivity contribution in [2.75, 3.05) is 13.2 Å². The van der Waals surface area contributed by atoms with E-state index in [4.69, 9.17) is 16.3 Å². The van der Waals surface area contributed by atoms with Crippen LogP contribution in [0.25, 0.3) is 10.8 Å². The molecule has 0 amide bonds. The Hall–Kier alpha value is -1.92. The van der Waals surface area contributed by atoms with E-state index >= 15 is 0 Å². The van der Waals surface area contributed by atoms with E-state index in [1.807, 2.05) is 42.5 Å². The van der Waals surface area contributed by atoms with Gasteiger partial charge in [0, 0.05) is 17.0 Å². The second-order valence-electron chi connectivity index (χ2n) is 5.52. The molecule has 0 radical (unpaired) electrons. The lowest BCUT2D eigenvalue weighted by Gasteiger charge is -2.10. The molecule has 0 fully saturated rings. The van der Waals surface area contributed by atoms with E-state index in [1.165, 1.54) is 0 Å². The molecular formula is C19H18ClNO3S. The maximum absolute atomic E-state index is 12.5. The number of nitrogens with one attached hydrogen (secondary N) is 1. The Morgan fingerprint density at radius 1 is 0.920 bits per heavy atom. The lowest BCUT2D eigenvalue weighted by atomic mass is 10.1. The predicted octanol–water partition coefficient (Wildman–Crippen LogP) is 3.99. The molecule has 0 saturated heterocycles. The first kappa shape index (κ1) is 17.9. The molecule has 0 heterocycles. The number of sulfonamides is 1. The maximum atomic E-state index is 12.5. The number of fused-ring (bicyclic) bond motifs is 1. The third-order valence-corrected chi connectivity index (χ3v) is 5.68. The van der Waals surface area contributed by atoms with Crippen LogP contribution in [0.2, 0.25) is 5.02 Å². The summed E-state index contributed by atoms with van der Waals surface area (Å²) in [6.07, 6.45) is 0. The average Bonchev–Trinajstić information content (AvgIpc) is 2.62. The van der Waals surface area contributed by atoms with E-state index in [1.54, 1.807) is 24.3 Å². The van der Waals surface area contributed by atoms with Gasteiger partial charge in [-0.05, 0) is 23.1 Å². The number of hydrogen-bond donors (Lipinski definition) is 1. The molecule has 25 heavy (non-hydrogen) atoms. The van der Waals surface area contributed by atoms with Crippen molar-refractivity contribution in [1.82, 2.24) is 4.72 Å². The van der Waals surface area contributed by atoms with Gasteiger partial charge in [0.2, 0.25) is 10.0 Å². The fourth-order valence-electron chi connectivity index (χ4n) is 2.55. The molecule has 0 unspecified atom stereocenters. The third kappa shape index (κ3) is 4.38. The Morgan fingerprint density at radius 3 is 2.48 bits per heavy atom. The molecule has 0 aromatic heterocycles. The van der Waals surface area contributed by atoms with Gasteiger partial charge in [-0.25, -0.2) is 13.1 Å². The summed E-state index contributed by atoms with van der Waals surface area (Å²) < 4.78 is 33.2. The molecule has 130 valence electrons. The molecular weight excluding hydrogens is 358 g/mol. The van der Waals surface area contributed by atoms with E-state index in [0.29, 0.717) is 17.0 Å². The zero-order valence-electron chi connectivity index (χ0n) is 13.5. The van der Waals surface area contributed by atoms with Crippen LogP contribution in [0.15, 0.2) is 71.6 Å². The van der Waals surface area contributed by atoms with Crippen molar-refractivity contribution in [2.45, 2.75) is 11.5 Å². The highest BCUT2D eigenvalue weighted by Crippen LogP contribution is 2.22. The Labute approximate surface area is 152 Å². The highest BCUT2D eigenvalue weighted by atomic mass is 35.5. The summed E-state index contributed by atoms with van der Waals surface area (Å²) in [7, 11) is -3.60. The van der Waals surface area contributed by atoms with Gasteiger partial charge in [-0.3, -0.25) is 0 Å². The first-order chi connectivity index (χ1) is 12.1. The van der Waals surface area contributed by atoms with E-state index < -0.39 is 10.0 Å². The summed E-state index contributed by atoms with van der Waals surface area (Å²) in [5.74, 6) is 0. The van der Waals surface area contributed by atoms with Gasteiger partial charge < -0.3 is 4.74 Å². The highest BCUT2D eigenvalue weighted by Gasteiger charge is 2.16. The van der Waals surface area contributed by atoms with Crippen molar-refractivity contribution < 1.29 is 13.2 Å². The summed E-state index contributed by atoms with van der Waals surface area (Å²) in [5.41, 5.74) is 0.876. The lowest BCUT2D eigenvalue weighted by Crippen LogP contribution is -2.27. The smallest absolute Gasteiger partial charge is 0.241 e. The van der Waals surface area contributed by atoms with Gasteiger partial charge in [-0.15, -0.1) is 0 Å². The van der Waals surface area contributed by atoms with Crippen LogP contribution in [0.3, 0.4) is 0 Å². The summed E-state index contributed by atoms with van der Waals surface area (Å²) in [5, 5.41) is 2.23. The van der Waals surface area contributed by atoms with Crippen molar-refractivity contribution >= 4 is 32.4 Å². The second-order valence-corrected chi connectivity index (χ2v) is 7.66. The number of hydrogen-bond acceptors (Lipinski definition) is 3. The molecule has 0 aliphatic rings. The second kappa shape index (κ2) is 7.97. The largest absolute Gasteiger partial charge is 0.375 e. The highest BCUT2D eigenvalue weighted by molar-refractivity contribution is 7.89. The van der Waals surface area contributed by atoms with Gasteiger partial charge in [0.1, 0.15) is 0 Å². The topological polar surface area (TPSA) is 55.4 Å². The molecule has 6 heteroatoms. The molecule has 4 nitrogen and oxygen atoms in total. The molecule has 3 aromatic rings. The first-order valence-corrected chi connectivity index (χ1v) is 9.72. The number of ether oxygens (including phenoxy) is 1. The van der Waals surface area contributed by atoms with Crippen molar-refractivity contribution in [1.29, 1.82) is 0 Å². The van der Waals surface area contributed by atoms with E-state index in [9.17, 15) is 8.42 Å². The van der Waals surface area contributed by atoms with Crippen LogP contribution in [0.4, 0.5) is 0 Å². The monoisotopic (exact) mass is 375 g/mol. The summed E-state index contributed by atoms with van der Waals surface area (Å²) in [6.45, 7) is 0.793. The van der Waals surface area contributed by atoms with E-state index in [-0.39, 0.29) is 18.0 Å². The minimum atomic E-state index is -3.60. The van der Waals surface area contributed by atoms with Gasteiger partial charge in [0.05, 0.1) is 18.1 Å². The van der Waals surface area contributed by atoms with Crippen LogP contribution in [-0.2, 0) is 21.4 Å². The molecule has 0 saturated carbocycles. The van der Waals surface area contributed by atoms with Gasteiger partial charge in [0.25, 0.3) is 0 Å². The zero-order chi connectivity index (χ0) is 17.7. The van der Waals surface area contributed by atoms with Crippen molar-refractivity contribution in [3.05, 3.63) is 77.3 Å². The molecule has 0 aliphatic heterocycles. The van der Waals surface area contributed by atoms with Crippen LogP contribution in [0.5, 0.6) is 0 Å². The Morgan fingerprint density at radius 2 is 1.64 bits per heavy atom. The van der Waals surface area contributed by atoms with Crippen molar-refractivity contribution in [3.63, 3.8) is 0 Å². The van der Waals surface area contributed by atoms with Crippen LogP contribution in [0.1, 0.15) is 5.56 Å². The zero-order valence-corrected chi connectivity index (χ0v) is 15.1. The number of benzene rings is 3. The minimum absolute atomic E-state index is 0.190. The van der Waals surface area contributed by atoms with Crippen molar-refractivity contribution in [3.8, 4) is 0 Å². The Bertz CT molecular complexity index is 968. The van der Waals surface area contributed by atoms with E-state index in [0.717, 1.165) is 10.9 Å². The molecule has 0 spiro atoms. The maximum Gasteiger partial charge on any atom is 0.241 e. The summed E-state index contributed by atoms with van der Waals surface area (Å²) in [6, 6.07) is 20.0. The van der Waals surface area contributed by atoms with Crippen LogP contribution in [-0.4, -0.2) is 21.6 Å². The number of rotatable bonds is 7. The van der Waals surface area contributed by atoms with Crippen LogP contribution < -0.4 is 4.72 Å². The summed E-state index contributed by atoms with van der Waals surface area (Å²) >= 11 is 6.05. The van der Waals surface area contributed by atoms with Crippen LogP contribution >= 0.6 is 11.6 Å². The van der Waals surface area contributed by atoms with Gasteiger partial charge in [-0.2, -0.15) is 0 Å². The van der Waals surface area contributed by atoms with Crippen LogP contribution in [0, 0.1) is 0 Å². The summed E-state index contributed by atoms with van der Waals surface area (Å²) in [4.78, 5) is 0.275. The van der Waals surface area contributed by atoms with Gasteiger partial charge >= 0.3 is 0 Å². The quantitative estimate of drug-likeness (QED) is 0.635. The molecule has 0 bridgehead atoms. The van der Waals surface area contributed by atoms with Gasteiger partial charge in [0.15, 0.2) is 0 Å². The molecule has 0 aliphatic carbocycles. The Kier molecular flexibility index (Phi) is 5.71. The Balaban J connectivity index is 1.60.